The lowest BCUT2D eigenvalue weighted by Crippen LogP contribution is -2.23. The van der Waals surface area contributed by atoms with Gasteiger partial charge in [-0.3, -0.25) is 5.43 Å². The van der Waals surface area contributed by atoms with Gasteiger partial charge in [-0.05, 0) is 54.5 Å². The van der Waals surface area contributed by atoms with Crippen molar-refractivity contribution in [2.75, 3.05) is 11.1 Å². The molecule has 0 aliphatic rings. The van der Waals surface area contributed by atoms with E-state index in [-0.39, 0.29) is 0 Å². The maximum absolute atomic E-state index is 5.63. The third-order valence-electron chi connectivity index (χ3n) is 2.84. The van der Waals surface area contributed by atoms with Crippen LogP contribution in [0.2, 0.25) is 0 Å². The summed E-state index contributed by atoms with van der Waals surface area (Å²) < 4.78 is 0. The van der Waals surface area contributed by atoms with Crippen molar-refractivity contribution in [1.29, 1.82) is 0 Å². The summed E-state index contributed by atoms with van der Waals surface area (Å²) in [5.41, 5.74) is 12.5. The van der Waals surface area contributed by atoms with E-state index in [1.807, 2.05) is 55.5 Å². The number of nitrogen functional groups attached to an aromatic ring is 1. The van der Waals surface area contributed by atoms with E-state index in [1.165, 1.54) is 5.56 Å². The summed E-state index contributed by atoms with van der Waals surface area (Å²) in [6.07, 6.45) is 2.50. The van der Waals surface area contributed by atoms with Crippen LogP contribution >= 0.6 is 12.2 Å². The highest BCUT2D eigenvalue weighted by atomic mass is 32.1. The van der Waals surface area contributed by atoms with Gasteiger partial charge >= 0.3 is 0 Å². The van der Waals surface area contributed by atoms with Crippen LogP contribution in [0.1, 0.15) is 11.1 Å². The van der Waals surface area contributed by atoms with Gasteiger partial charge in [-0.1, -0.05) is 24.3 Å². The molecule has 108 valence electrons. The molecule has 0 saturated heterocycles. The molecule has 2 rings (SSSR count). The minimum absolute atomic E-state index is 0.467. The van der Waals surface area contributed by atoms with E-state index in [9.17, 15) is 0 Å². The third-order valence-corrected chi connectivity index (χ3v) is 3.03. The molecule has 4 nitrogen and oxygen atoms in total. The zero-order chi connectivity index (χ0) is 15.1. The summed E-state index contributed by atoms with van der Waals surface area (Å²) in [6, 6.07) is 15.7. The number of nitrogens with one attached hydrogen (secondary N) is 2. The van der Waals surface area contributed by atoms with Gasteiger partial charge in [0.25, 0.3) is 0 Å². The fourth-order valence-electron chi connectivity index (χ4n) is 1.79. The van der Waals surface area contributed by atoms with Crippen molar-refractivity contribution in [2.24, 2.45) is 5.10 Å². The number of rotatable bonds is 4. The maximum Gasteiger partial charge on any atom is 0.191 e. The molecule has 0 saturated carbocycles. The molecule has 0 aromatic heterocycles. The van der Waals surface area contributed by atoms with Crippen LogP contribution in [0.25, 0.3) is 0 Å². The standard InChI is InChI=1S/C16H18N4S/c1-12-3-2-4-15(11-12)19-16(21)20-18-10-9-13-5-7-14(17)8-6-13/h2-8,10-11H,9,17H2,1H3,(H2,19,20,21). The zero-order valence-electron chi connectivity index (χ0n) is 11.8. The Morgan fingerprint density at radius 3 is 2.71 bits per heavy atom. The largest absolute Gasteiger partial charge is 0.399 e. The number of hydrazone groups is 1. The number of benzene rings is 2. The second-order valence-electron chi connectivity index (χ2n) is 4.69. The first kappa shape index (κ1) is 15.0. The quantitative estimate of drug-likeness (QED) is 0.351. The average Bonchev–Trinajstić information content (AvgIpc) is 2.45. The molecule has 0 heterocycles. The highest BCUT2D eigenvalue weighted by Crippen LogP contribution is 2.09. The molecule has 0 radical (unpaired) electrons. The summed E-state index contributed by atoms with van der Waals surface area (Å²) in [5.74, 6) is 0. The van der Waals surface area contributed by atoms with Crippen molar-refractivity contribution >= 4 is 34.9 Å². The molecule has 5 heteroatoms. The Hall–Kier alpha value is -2.40. The lowest BCUT2D eigenvalue weighted by molar-refractivity contribution is 1.04. The molecule has 0 spiro atoms. The SMILES string of the molecule is Cc1cccc(NC(=S)NN=CCc2ccc(N)cc2)c1. The Bertz CT molecular complexity index is 635. The van der Waals surface area contributed by atoms with Crippen molar-refractivity contribution in [3.8, 4) is 0 Å². The van der Waals surface area contributed by atoms with Crippen LogP contribution in [0.3, 0.4) is 0 Å². The van der Waals surface area contributed by atoms with Gasteiger partial charge in [-0.15, -0.1) is 0 Å². The smallest absolute Gasteiger partial charge is 0.191 e. The van der Waals surface area contributed by atoms with Crippen LogP contribution in [0.4, 0.5) is 11.4 Å². The van der Waals surface area contributed by atoms with Gasteiger partial charge < -0.3 is 11.1 Å². The molecule has 2 aromatic carbocycles. The molecule has 0 aliphatic heterocycles. The van der Waals surface area contributed by atoms with Crippen LogP contribution in [0.15, 0.2) is 53.6 Å². The molecule has 2 aromatic rings. The van der Waals surface area contributed by atoms with E-state index in [0.29, 0.717) is 5.11 Å². The Morgan fingerprint density at radius 2 is 2.00 bits per heavy atom. The van der Waals surface area contributed by atoms with Crippen LogP contribution < -0.4 is 16.5 Å². The normalized spacial score (nSPS) is 10.5. The van der Waals surface area contributed by atoms with E-state index < -0.39 is 0 Å². The molecule has 0 amide bonds. The number of hydrogen-bond acceptors (Lipinski definition) is 3. The molecular weight excluding hydrogens is 280 g/mol. The average molecular weight is 298 g/mol. The number of thiocarbonyl (C=S) groups is 1. The van der Waals surface area contributed by atoms with Gasteiger partial charge in [0.2, 0.25) is 0 Å². The van der Waals surface area contributed by atoms with Crippen molar-refractivity contribution < 1.29 is 0 Å². The third kappa shape index (κ3) is 5.24. The van der Waals surface area contributed by atoms with Gasteiger partial charge in [0.05, 0.1) is 0 Å². The number of nitrogens with zero attached hydrogens (tertiary/aromatic N) is 1. The van der Waals surface area contributed by atoms with Crippen LogP contribution in [0.5, 0.6) is 0 Å². The molecule has 0 aliphatic carbocycles. The van der Waals surface area contributed by atoms with E-state index >= 15 is 0 Å². The van der Waals surface area contributed by atoms with Crippen molar-refractivity contribution in [3.05, 3.63) is 59.7 Å². The number of hydrogen-bond donors (Lipinski definition) is 3. The molecule has 0 fully saturated rings. The van der Waals surface area contributed by atoms with Gasteiger partial charge in [0, 0.05) is 24.0 Å². The summed E-state index contributed by atoms with van der Waals surface area (Å²) in [4.78, 5) is 0. The molecular formula is C16H18N4S. The fourth-order valence-corrected chi connectivity index (χ4v) is 1.96. The first-order valence-electron chi connectivity index (χ1n) is 6.63. The van der Waals surface area contributed by atoms with Crippen LogP contribution in [0, 0.1) is 6.92 Å². The Kier molecular flexibility index (Phi) is 5.29. The van der Waals surface area contributed by atoms with Gasteiger partial charge in [-0.2, -0.15) is 5.10 Å². The second kappa shape index (κ2) is 7.40. The predicted octanol–water partition coefficient (Wildman–Crippen LogP) is 3.09. The first-order chi connectivity index (χ1) is 10.1. The van der Waals surface area contributed by atoms with Crippen molar-refractivity contribution in [3.63, 3.8) is 0 Å². The second-order valence-corrected chi connectivity index (χ2v) is 5.10. The fraction of sp³-hybridized carbons (Fsp3) is 0.125. The molecule has 0 atom stereocenters. The highest BCUT2D eigenvalue weighted by Gasteiger charge is 1.96. The van der Waals surface area contributed by atoms with Gasteiger partial charge in [0.1, 0.15) is 0 Å². The first-order valence-corrected chi connectivity index (χ1v) is 7.04. The lowest BCUT2D eigenvalue weighted by atomic mass is 10.1. The van der Waals surface area contributed by atoms with Crippen molar-refractivity contribution in [1.82, 2.24) is 5.43 Å². The van der Waals surface area contributed by atoms with E-state index in [1.54, 1.807) is 6.21 Å². The van der Waals surface area contributed by atoms with E-state index in [2.05, 4.69) is 15.8 Å². The predicted molar refractivity (Wildman–Crippen MR) is 93.6 cm³/mol. The Morgan fingerprint density at radius 1 is 1.24 bits per heavy atom. The topological polar surface area (TPSA) is 62.4 Å². The summed E-state index contributed by atoms with van der Waals surface area (Å²) in [7, 11) is 0. The zero-order valence-corrected chi connectivity index (χ0v) is 12.7. The van der Waals surface area contributed by atoms with Crippen LogP contribution in [-0.4, -0.2) is 11.3 Å². The summed E-state index contributed by atoms with van der Waals surface area (Å²) in [5, 5.41) is 7.64. The van der Waals surface area contributed by atoms with E-state index in [0.717, 1.165) is 23.4 Å². The Labute approximate surface area is 130 Å². The number of nitrogens with two attached hydrogens (primary N) is 1. The number of anilines is 2. The molecule has 4 N–H and O–H groups in total. The van der Waals surface area contributed by atoms with Crippen molar-refractivity contribution in [2.45, 2.75) is 13.3 Å². The van der Waals surface area contributed by atoms with E-state index in [4.69, 9.17) is 18.0 Å². The van der Waals surface area contributed by atoms with Gasteiger partial charge in [-0.25, -0.2) is 0 Å². The maximum atomic E-state index is 5.63. The molecule has 0 unspecified atom stereocenters. The molecule has 21 heavy (non-hydrogen) atoms. The minimum atomic E-state index is 0.467. The summed E-state index contributed by atoms with van der Waals surface area (Å²) >= 11 is 5.17. The molecule has 0 bridgehead atoms. The van der Waals surface area contributed by atoms with Crippen LogP contribution in [-0.2, 0) is 6.42 Å². The monoisotopic (exact) mass is 298 g/mol. The van der Waals surface area contributed by atoms with Gasteiger partial charge in [0.15, 0.2) is 5.11 Å². The minimum Gasteiger partial charge on any atom is -0.399 e. The Balaban J connectivity index is 1.78. The summed E-state index contributed by atoms with van der Waals surface area (Å²) in [6.45, 7) is 2.03. The lowest BCUT2D eigenvalue weighted by Gasteiger charge is -2.07. The number of aryl methyl sites for hydroxylation is 1. The highest BCUT2D eigenvalue weighted by molar-refractivity contribution is 7.80.